The van der Waals surface area contributed by atoms with E-state index in [0.717, 1.165) is 11.3 Å². The van der Waals surface area contributed by atoms with E-state index in [-0.39, 0.29) is 12.5 Å². The van der Waals surface area contributed by atoms with Gasteiger partial charge in [-0.1, -0.05) is 38.1 Å². The molecule has 4 nitrogen and oxygen atoms in total. The lowest BCUT2D eigenvalue weighted by molar-refractivity contribution is -0.118. The molecule has 2 aromatic carbocycles. The monoisotopic (exact) mass is 313 g/mol. The van der Waals surface area contributed by atoms with Crippen LogP contribution in [0.1, 0.15) is 43.9 Å². The summed E-state index contributed by atoms with van der Waals surface area (Å²) in [4.78, 5) is 11.9. The van der Waals surface area contributed by atoms with Crippen LogP contribution in [0.4, 0.5) is 5.69 Å². The second-order valence-electron chi connectivity index (χ2n) is 5.86. The SMILES string of the molecule is CC(C)c1ccc(NC(=O)COc2cccc(C(C)O)c2)cc1. The van der Waals surface area contributed by atoms with Crippen LogP contribution in [0.15, 0.2) is 48.5 Å². The van der Waals surface area contributed by atoms with Gasteiger partial charge in [-0.3, -0.25) is 4.79 Å². The van der Waals surface area contributed by atoms with E-state index in [2.05, 4.69) is 19.2 Å². The summed E-state index contributed by atoms with van der Waals surface area (Å²) < 4.78 is 5.47. The molecule has 0 fully saturated rings. The summed E-state index contributed by atoms with van der Waals surface area (Å²) in [6, 6.07) is 14.9. The maximum Gasteiger partial charge on any atom is 0.262 e. The number of amides is 1. The molecule has 4 heteroatoms. The van der Waals surface area contributed by atoms with Crippen molar-refractivity contribution in [3.63, 3.8) is 0 Å². The highest BCUT2D eigenvalue weighted by Crippen LogP contribution is 2.19. The molecule has 1 atom stereocenters. The number of carbonyl (C=O) groups is 1. The number of benzene rings is 2. The molecule has 0 aliphatic heterocycles. The maximum absolute atomic E-state index is 11.9. The summed E-state index contributed by atoms with van der Waals surface area (Å²) in [7, 11) is 0. The smallest absolute Gasteiger partial charge is 0.262 e. The van der Waals surface area contributed by atoms with Gasteiger partial charge in [-0.25, -0.2) is 0 Å². The van der Waals surface area contributed by atoms with Gasteiger partial charge in [0.15, 0.2) is 6.61 Å². The van der Waals surface area contributed by atoms with Crippen LogP contribution in [0.3, 0.4) is 0 Å². The number of rotatable bonds is 6. The number of carbonyl (C=O) groups excluding carboxylic acids is 1. The molecule has 0 spiro atoms. The molecule has 1 unspecified atom stereocenters. The van der Waals surface area contributed by atoms with Crippen molar-refractivity contribution in [1.29, 1.82) is 0 Å². The Morgan fingerprint density at radius 1 is 1.09 bits per heavy atom. The molecule has 122 valence electrons. The third-order valence-corrected chi connectivity index (χ3v) is 3.57. The summed E-state index contributed by atoms with van der Waals surface area (Å²) in [5.41, 5.74) is 2.74. The Morgan fingerprint density at radius 2 is 1.78 bits per heavy atom. The molecule has 1 amide bonds. The van der Waals surface area contributed by atoms with Gasteiger partial charge in [0.25, 0.3) is 5.91 Å². The minimum Gasteiger partial charge on any atom is -0.484 e. The van der Waals surface area contributed by atoms with Gasteiger partial charge in [-0.05, 0) is 48.2 Å². The number of ether oxygens (including phenoxy) is 1. The molecular weight excluding hydrogens is 290 g/mol. The Balaban J connectivity index is 1.88. The molecular formula is C19H23NO3. The van der Waals surface area contributed by atoms with Gasteiger partial charge in [0, 0.05) is 5.69 Å². The van der Waals surface area contributed by atoms with Crippen molar-refractivity contribution in [3.8, 4) is 5.75 Å². The lowest BCUT2D eigenvalue weighted by Gasteiger charge is -2.11. The van der Waals surface area contributed by atoms with E-state index in [1.54, 1.807) is 25.1 Å². The average molecular weight is 313 g/mol. The fourth-order valence-corrected chi connectivity index (χ4v) is 2.16. The van der Waals surface area contributed by atoms with Crippen LogP contribution in [0, 0.1) is 0 Å². The molecule has 0 aliphatic carbocycles. The maximum atomic E-state index is 11.9. The van der Waals surface area contributed by atoms with Crippen molar-refractivity contribution >= 4 is 11.6 Å². The third-order valence-electron chi connectivity index (χ3n) is 3.57. The van der Waals surface area contributed by atoms with Gasteiger partial charge in [0.2, 0.25) is 0 Å². The zero-order chi connectivity index (χ0) is 16.8. The fraction of sp³-hybridized carbons (Fsp3) is 0.316. The number of aliphatic hydroxyl groups excluding tert-OH is 1. The summed E-state index contributed by atoms with van der Waals surface area (Å²) in [6.45, 7) is 5.87. The number of hydrogen-bond acceptors (Lipinski definition) is 3. The lowest BCUT2D eigenvalue weighted by atomic mass is 10.0. The topological polar surface area (TPSA) is 58.6 Å². The normalized spacial score (nSPS) is 12.0. The minimum atomic E-state index is -0.563. The Morgan fingerprint density at radius 3 is 2.39 bits per heavy atom. The molecule has 2 rings (SSSR count). The van der Waals surface area contributed by atoms with Crippen LogP contribution < -0.4 is 10.1 Å². The number of anilines is 1. The van der Waals surface area contributed by atoms with Crippen LogP contribution in [-0.4, -0.2) is 17.6 Å². The zero-order valence-electron chi connectivity index (χ0n) is 13.7. The van der Waals surface area contributed by atoms with Gasteiger partial charge in [0.1, 0.15) is 5.75 Å². The molecule has 0 bridgehead atoms. The number of nitrogens with one attached hydrogen (secondary N) is 1. The van der Waals surface area contributed by atoms with Gasteiger partial charge >= 0.3 is 0 Å². The molecule has 2 aromatic rings. The number of hydrogen-bond donors (Lipinski definition) is 2. The fourth-order valence-electron chi connectivity index (χ4n) is 2.16. The highest BCUT2D eigenvalue weighted by Gasteiger charge is 2.06. The van der Waals surface area contributed by atoms with Crippen molar-refractivity contribution in [2.45, 2.75) is 32.8 Å². The summed E-state index contributed by atoms with van der Waals surface area (Å²) in [5.74, 6) is 0.808. The number of aliphatic hydroxyl groups is 1. The van der Waals surface area contributed by atoms with Crippen molar-refractivity contribution in [2.24, 2.45) is 0 Å². The van der Waals surface area contributed by atoms with E-state index < -0.39 is 6.10 Å². The molecule has 0 saturated heterocycles. The first kappa shape index (κ1) is 17.0. The van der Waals surface area contributed by atoms with E-state index in [1.165, 1.54) is 5.56 Å². The largest absolute Gasteiger partial charge is 0.484 e. The van der Waals surface area contributed by atoms with Crippen molar-refractivity contribution < 1.29 is 14.6 Å². The molecule has 0 aromatic heterocycles. The van der Waals surface area contributed by atoms with Crippen LogP contribution in [0.25, 0.3) is 0 Å². The Bertz CT molecular complexity index is 648. The predicted octanol–water partition coefficient (Wildman–Crippen LogP) is 3.88. The lowest BCUT2D eigenvalue weighted by Crippen LogP contribution is -2.20. The average Bonchev–Trinajstić information content (AvgIpc) is 2.53. The standard InChI is InChI=1S/C19H23NO3/c1-13(2)15-7-9-17(10-8-15)20-19(22)12-23-18-6-4-5-16(11-18)14(3)21/h4-11,13-14,21H,12H2,1-3H3,(H,20,22). The van der Waals surface area contributed by atoms with Crippen LogP contribution in [0.5, 0.6) is 5.75 Å². The van der Waals surface area contributed by atoms with E-state index in [0.29, 0.717) is 11.7 Å². The quantitative estimate of drug-likeness (QED) is 0.851. The highest BCUT2D eigenvalue weighted by molar-refractivity contribution is 5.91. The predicted molar refractivity (Wildman–Crippen MR) is 91.7 cm³/mol. The third kappa shape index (κ3) is 5.11. The van der Waals surface area contributed by atoms with E-state index >= 15 is 0 Å². The van der Waals surface area contributed by atoms with E-state index in [1.807, 2.05) is 30.3 Å². The van der Waals surface area contributed by atoms with Crippen LogP contribution in [-0.2, 0) is 4.79 Å². The van der Waals surface area contributed by atoms with Gasteiger partial charge < -0.3 is 15.2 Å². The van der Waals surface area contributed by atoms with Gasteiger partial charge in [0.05, 0.1) is 6.10 Å². The Kier molecular flexibility index (Phi) is 5.77. The first-order valence-corrected chi connectivity index (χ1v) is 7.76. The highest BCUT2D eigenvalue weighted by atomic mass is 16.5. The second kappa shape index (κ2) is 7.79. The second-order valence-corrected chi connectivity index (χ2v) is 5.86. The van der Waals surface area contributed by atoms with Crippen molar-refractivity contribution in [3.05, 3.63) is 59.7 Å². The Labute approximate surface area is 137 Å². The van der Waals surface area contributed by atoms with E-state index in [9.17, 15) is 9.90 Å². The summed E-state index contributed by atoms with van der Waals surface area (Å²) in [5, 5.41) is 12.3. The first-order valence-electron chi connectivity index (χ1n) is 7.76. The van der Waals surface area contributed by atoms with E-state index in [4.69, 9.17) is 4.74 Å². The van der Waals surface area contributed by atoms with Gasteiger partial charge in [-0.2, -0.15) is 0 Å². The van der Waals surface area contributed by atoms with Crippen LogP contribution in [0.2, 0.25) is 0 Å². The van der Waals surface area contributed by atoms with Crippen molar-refractivity contribution in [2.75, 3.05) is 11.9 Å². The summed E-state index contributed by atoms with van der Waals surface area (Å²) >= 11 is 0. The Hall–Kier alpha value is -2.33. The van der Waals surface area contributed by atoms with Crippen molar-refractivity contribution in [1.82, 2.24) is 0 Å². The molecule has 0 saturated carbocycles. The molecule has 23 heavy (non-hydrogen) atoms. The molecule has 2 N–H and O–H groups in total. The summed E-state index contributed by atoms with van der Waals surface area (Å²) in [6.07, 6.45) is -0.563. The van der Waals surface area contributed by atoms with Crippen LogP contribution >= 0.6 is 0 Å². The zero-order valence-corrected chi connectivity index (χ0v) is 13.7. The van der Waals surface area contributed by atoms with Gasteiger partial charge in [-0.15, -0.1) is 0 Å². The minimum absolute atomic E-state index is 0.0742. The molecule has 0 heterocycles. The molecule has 0 aliphatic rings. The first-order chi connectivity index (χ1) is 11.0. The molecule has 0 radical (unpaired) electrons.